The molecule has 0 radical (unpaired) electrons. The fourth-order valence-corrected chi connectivity index (χ4v) is 1.53. The highest BCUT2D eigenvalue weighted by molar-refractivity contribution is 8.00. The summed E-state index contributed by atoms with van der Waals surface area (Å²) in [7, 11) is 0. The summed E-state index contributed by atoms with van der Waals surface area (Å²) in [5.74, 6) is 1.26. The van der Waals surface area contributed by atoms with E-state index in [1.807, 2.05) is 17.8 Å². The van der Waals surface area contributed by atoms with Crippen molar-refractivity contribution < 1.29 is 0 Å². The van der Waals surface area contributed by atoms with Crippen LogP contribution in [0, 0.1) is 0 Å². The fraction of sp³-hybridized carbons (Fsp3) is 0.778. The van der Waals surface area contributed by atoms with Crippen molar-refractivity contribution in [2.24, 2.45) is 0 Å². The summed E-state index contributed by atoms with van der Waals surface area (Å²) in [5, 5.41) is 0. The molecule has 0 aliphatic carbocycles. The van der Waals surface area contributed by atoms with Crippen LogP contribution in [0.4, 0.5) is 0 Å². The predicted octanol–water partition coefficient (Wildman–Crippen LogP) is 3.48. The molecule has 0 aromatic rings. The number of thioether (sulfide) groups is 1. The van der Waals surface area contributed by atoms with Gasteiger partial charge in [0.1, 0.15) is 0 Å². The zero-order chi connectivity index (χ0) is 8.04. The number of unbranched alkanes of at least 4 members (excludes halogenated alkanes) is 1. The molecule has 1 heteroatoms. The topological polar surface area (TPSA) is 0 Å². The van der Waals surface area contributed by atoms with E-state index in [2.05, 4.69) is 27.4 Å². The summed E-state index contributed by atoms with van der Waals surface area (Å²) in [6.07, 6.45) is 4.41. The molecule has 0 saturated heterocycles. The van der Waals surface area contributed by atoms with E-state index in [1.165, 1.54) is 12.2 Å². The van der Waals surface area contributed by atoms with Gasteiger partial charge in [-0.1, -0.05) is 26.8 Å². The summed E-state index contributed by atoms with van der Waals surface area (Å²) in [4.78, 5) is 0. The zero-order valence-corrected chi connectivity index (χ0v) is 8.13. The Bertz CT molecular complexity index is 89.4. The molecule has 0 aromatic carbocycles. The summed E-state index contributed by atoms with van der Waals surface area (Å²) in [5.41, 5.74) is 0. The Morgan fingerprint density at radius 3 is 2.40 bits per heavy atom. The summed E-state index contributed by atoms with van der Waals surface area (Å²) < 4.78 is 0.432. The first-order valence-electron chi connectivity index (χ1n) is 3.81. The third-order valence-electron chi connectivity index (χ3n) is 1.09. The smallest absolute Gasteiger partial charge is 0.00750 e. The molecule has 0 N–H and O–H groups in total. The molecule has 60 valence electrons. The van der Waals surface area contributed by atoms with Gasteiger partial charge in [-0.25, -0.2) is 0 Å². The van der Waals surface area contributed by atoms with Crippen LogP contribution in [0.1, 0.15) is 33.6 Å². The predicted molar refractivity (Wildman–Crippen MR) is 51.6 cm³/mol. The van der Waals surface area contributed by atoms with Crippen molar-refractivity contribution in [1.82, 2.24) is 0 Å². The average molecular weight is 158 g/mol. The van der Waals surface area contributed by atoms with Crippen molar-refractivity contribution in [2.75, 3.05) is 5.75 Å². The van der Waals surface area contributed by atoms with Crippen molar-refractivity contribution in [3.05, 3.63) is 12.7 Å². The molecule has 0 aliphatic heterocycles. The van der Waals surface area contributed by atoms with Crippen LogP contribution >= 0.6 is 11.8 Å². The second-order valence-corrected chi connectivity index (χ2v) is 5.31. The fourth-order valence-electron chi connectivity index (χ4n) is 0.606. The third-order valence-corrected chi connectivity index (χ3v) is 2.45. The van der Waals surface area contributed by atoms with E-state index < -0.39 is 0 Å². The molecule has 0 amide bonds. The highest BCUT2D eigenvalue weighted by atomic mass is 32.2. The minimum absolute atomic E-state index is 0.432. The molecule has 0 bridgehead atoms. The molecular formula is C9H18S. The first-order valence-corrected chi connectivity index (χ1v) is 4.79. The molecule has 0 atom stereocenters. The maximum absolute atomic E-state index is 3.69. The van der Waals surface area contributed by atoms with E-state index in [0.29, 0.717) is 4.75 Å². The van der Waals surface area contributed by atoms with Gasteiger partial charge in [-0.3, -0.25) is 0 Å². The van der Waals surface area contributed by atoms with E-state index in [0.717, 1.165) is 6.42 Å². The molecule has 0 nitrogen and oxygen atoms in total. The Morgan fingerprint density at radius 2 is 2.00 bits per heavy atom. The molecular weight excluding hydrogens is 140 g/mol. The number of rotatable bonds is 4. The van der Waals surface area contributed by atoms with Gasteiger partial charge in [0.2, 0.25) is 0 Å². The van der Waals surface area contributed by atoms with E-state index >= 15 is 0 Å². The zero-order valence-electron chi connectivity index (χ0n) is 7.31. The van der Waals surface area contributed by atoms with Gasteiger partial charge < -0.3 is 0 Å². The highest BCUT2D eigenvalue weighted by Crippen LogP contribution is 2.23. The van der Waals surface area contributed by atoms with Gasteiger partial charge in [-0.05, 0) is 18.6 Å². The van der Waals surface area contributed by atoms with Gasteiger partial charge >= 0.3 is 0 Å². The Balaban J connectivity index is 3.12. The lowest BCUT2D eigenvalue weighted by Crippen LogP contribution is -2.07. The van der Waals surface area contributed by atoms with Gasteiger partial charge in [-0.2, -0.15) is 11.8 Å². The summed E-state index contributed by atoms with van der Waals surface area (Å²) in [6, 6.07) is 0. The van der Waals surface area contributed by atoms with E-state index in [-0.39, 0.29) is 0 Å². The lowest BCUT2D eigenvalue weighted by Gasteiger charge is -2.16. The third kappa shape index (κ3) is 8.09. The van der Waals surface area contributed by atoms with Gasteiger partial charge in [-0.15, -0.1) is 6.58 Å². The molecule has 10 heavy (non-hydrogen) atoms. The average Bonchev–Trinajstić information content (AvgIpc) is 1.78. The van der Waals surface area contributed by atoms with Crippen LogP contribution in [0.5, 0.6) is 0 Å². The monoisotopic (exact) mass is 158 g/mol. The van der Waals surface area contributed by atoms with Crippen molar-refractivity contribution >= 4 is 11.8 Å². The van der Waals surface area contributed by atoms with Crippen molar-refractivity contribution in [3.63, 3.8) is 0 Å². The SMILES string of the molecule is C=CCCCSC(C)(C)C. The Hall–Kier alpha value is 0.0900. The molecule has 0 heterocycles. The van der Waals surface area contributed by atoms with Crippen LogP contribution in [-0.2, 0) is 0 Å². The molecule has 0 spiro atoms. The maximum atomic E-state index is 3.69. The molecule has 0 rings (SSSR count). The van der Waals surface area contributed by atoms with Gasteiger partial charge in [0.15, 0.2) is 0 Å². The summed E-state index contributed by atoms with van der Waals surface area (Å²) in [6.45, 7) is 10.5. The number of hydrogen-bond donors (Lipinski definition) is 0. The Morgan fingerprint density at radius 1 is 1.40 bits per heavy atom. The van der Waals surface area contributed by atoms with E-state index in [1.54, 1.807) is 0 Å². The van der Waals surface area contributed by atoms with Crippen LogP contribution in [-0.4, -0.2) is 10.5 Å². The molecule has 0 aliphatic rings. The highest BCUT2D eigenvalue weighted by Gasteiger charge is 2.08. The molecule has 0 aromatic heterocycles. The van der Waals surface area contributed by atoms with Gasteiger partial charge in [0, 0.05) is 4.75 Å². The van der Waals surface area contributed by atoms with E-state index in [4.69, 9.17) is 0 Å². The first kappa shape index (κ1) is 10.1. The lowest BCUT2D eigenvalue weighted by molar-refractivity contribution is 0.798. The van der Waals surface area contributed by atoms with Crippen LogP contribution in [0.15, 0.2) is 12.7 Å². The Kier molecular flexibility index (Phi) is 4.88. The van der Waals surface area contributed by atoms with E-state index in [9.17, 15) is 0 Å². The number of allylic oxidation sites excluding steroid dienone is 1. The quantitative estimate of drug-likeness (QED) is 0.446. The minimum atomic E-state index is 0.432. The van der Waals surface area contributed by atoms with Gasteiger partial charge in [0.05, 0.1) is 0 Å². The lowest BCUT2D eigenvalue weighted by atomic mass is 10.3. The Labute approximate surface area is 69.1 Å². The second kappa shape index (κ2) is 4.84. The normalized spacial score (nSPS) is 11.5. The number of hydrogen-bond acceptors (Lipinski definition) is 1. The van der Waals surface area contributed by atoms with Crippen LogP contribution in [0.25, 0.3) is 0 Å². The van der Waals surface area contributed by atoms with Gasteiger partial charge in [0.25, 0.3) is 0 Å². The second-order valence-electron chi connectivity index (χ2n) is 3.39. The summed E-state index contributed by atoms with van der Waals surface area (Å²) >= 11 is 2.03. The van der Waals surface area contributed by atoms with Crippen molar-refractivity contribution in [3.8, 4) is 0 Å². The first-order chi connectivity index (χ1) is 4.56. The van der Waals surface area contributed by atoms with Crippen LogP contribution in [0.2, 0.25) is 0 Å². The van der Waals surface area contributed by atoms with Crippen molar-refractivity contribution in [1.29, 1.82) is 0 Å². The largest absolute Gasteiger partial charge is 0.156 e. The maximum Gasteiger partial charge on any atom is 0.00750 e. The molecule has 0 unspecified atom stereocenters. The molecule has 0 saturated carbocycles. The van der Waals surface area contributed by atoms with Crippen LogP contribution in [0.3, 0.4) is 0 Å². The molecule has 0 fully saturated rings. The van der Waals surface area contributed by atoms with Crippen molar-refractivity contribution in [2.45, 2.75) is 38.4 Å². The minimum Gasteiger partial charge on any atom is -0.156 e. The van der Waals surface area contributed by atoms with Crippen LogP contribution < -0.4 is 0 Å². The standard InChI is InChI=1S/C9H18S/c1-5-6-7-8-10-9(2,3)4/h5H,1,6-8H2,2-4H3.